The molecule has 0 aliphatic carbocycles. The van der Waals surface area contributed by atoms with Crippen molar-refractivity contribution in [2.45, 2.75) is 19.8 Å². The Kier molecular flexibility index (Phi) is 6.21. The summed E-state index contributed by atoms with van der Waals surface area (Å²) in [6.07, 6.45) is 2.18. The molecule has 4 rings (SSSR count). The maximum atomic E-state index is 12.5. The minimum Gasteiger partial charge on any atom is -0.484 e. The highest BCUT2D eigenvalue weighted by molar-refractivity contribution is 7.22. The number of hydrogen-bond donors (Lipinski definition) is 0. The van der Waals surface area contributed by atoms with Crippen LogP contribution in [-0.4, -0.2) is 48.6 Å². The number of halogens is 1. The monoisotopic (exact) mass is 429 g/mol. The lowest BCUT2D eigenvalue weighted by molar-refractivity contribution is -0.133. The lowest BCUT2D eigenvalue weighted by atomic mass is 10.1. The van der Waals surface area contributed by atoms with Crippen LogP contribution in [0, 0.1) is 0 Å². The van der Waals surface area contributed by atoms with Gasteiger partial charge in [-0.15, -0.1) is 0 Å². The molecule has 0 saturated carbocycles. The van der Waals surface area contributed by atoms with E-state index in [1.165, 1.54) is 5.56 Å². The fourth-order valence-corrected chi connectivity index (χ4v) is 4.74. The van der Waals surface area contributed by atoms with Crippen molar-refractivity contribution in [1.29, 1.82) is 0 Å². The number of rotatable bonds is 6. The number of hydrogen-bond acceptors (Lipinski definition) is 5. The largest absolute Gasteiger partial charge is 0.484 e. The van der Waals surface area contributed by atoms with Crippen LogP contribution in [0.15, 0.2) is 42.5 Å². The molecule has 0 radical (unpaired) electrons. The van der Waals surface area contributed by atoms with Crippen LogP contribution in [0.4, 0.5) is 5.13 Å². The highest BCUT2D eigenvalue weighted by Crippen LogP contribution is 2.31. The van der Waals surface area contributed by atoms with Gasteiger partial charge in [-0.05, 0) is 42.3 Å². The number of carbonyl (C=O) groups is 1. The molecule has 152 valence electrons. The van der Waals surface area contributed by atoms with E-state index >= 15 is 0 Å². The van der Waals surface area contributed by atoms with E-state index in [1.807, 2.05) is 35.2 Å². The van der Waals surface area contributed by atoms with Gasteiger partial charge >= 0.3 is 0 Å². The average molecular weight is 430 g/mol. The third-order valence-corrected chi connectivity index (χ3v) is 6.38. The summed E-state index contributed by atoms with van der Waals surface area (Å²) in [5.74, 6) is 0.767. The van der Waals surface area contributed by atoms with Crippen LogP contribution in [0.3, 0.4) is 0 Å². The van der Waals surface area contributed by atoms with E-state index < -0.39 is 0 Å². The van der Waals surface area contributed by atoms with Crippen molar-refractivity contribution in [3.8, 4) is 5.75 Å². The van der Waals surface area contributed by atoms with Gasteiger partial charge in [-0.25, -0.2) is 4.98 Å². The van der Waals surface area contributed by atoms with Crippen molar-refractivity contribution in [3.05, 3.63) is 53.1 Å². The smallest absolute Gasteiger partial charge is 0.260 e. The number of nitrogens with zero attached hydrogens (tertiary/aromatic N) is 3. The zero-order chi connectivity index (χ0) is 20.2. The number of aryl methyl sites for hydroxylation is 1. The summed E-state index contributed by atoms with van der Waals surface area (Å²) in [4.78, 5) is 21.3. The van der Waals surface area contributed by atoms with E-state index in [-0.39, 0.29) is 12.5 Å². The van der Waals surface area contributed by atoms with Crippen molar-refractivity contribution in [1.82, 2.24) is 9.88 Å². The Morgan fingerprint density at radius 3 is 2.62 bits per heavy atom. The second kappa shape index (κ2) is 9.01. The summed E-state index contributed by atoms with van der Waals surface area (Å²) >= 11 is 7.71. The summed E-state index contributed by atoms with van der Waals surface area (Å²) in [5.41, 5.74) is 2.26. The normalized spacial score (nSPS) is 14.4. The lowest BCUT2D eigenvalue weighted by Gasteiger charge is -2.34. The molecule has 0 spiro atoms. The van der Waals surface area contributed by atoms with Crippen LogP contribution in [0.5, 0.6) is 5.75 Å². The first-order valence-corrected chi connectivity index (χ1v) is 11.1. The molecule has 0 unspecified atom stereocenters. The van der Waals surface area contributed by atoms with Crippen LogP contribution in [0.1, 0.15) is 18.9 Å². The number of thiazole rings is 1. The standard InChI is InChI=1S/C22H24ClN3O2S/c1-2-3-16-4-7-18(8-5-16)28-15-21(27)25-10-12-26(13-11-25)22-24-19-9-6-17(23)14-20(19)29-22/h4-9,14H,2-3,10-13,15H2,1H3. The number of fused-ring (bicyclic) bond motifs is 1. The average Bonchev–Trinajstić information content (AvgIpc) is 3.16. The SMILES string of the molecule is CCCc1ccc(OCC(=O)N2CCN(c3nc4ccc(Cl)cc4s3)CC2)cc1. The van der Waals surface area contributed by atoms with Crippen LogP contribution >= 0.6 is 22.9 Å². The van der Waals surface area contributed by atoms with Gasteiger partial charge in [0.2, 0.25) is 0 Å². The van der Waals surface area contributed by atoms with Gasteiger partial charge in [-0.3, -0.25) is 4.79 Å². The van der Waals surface area contributed by atoms with Gasteiger partial charge in [-0.2, -0.15) is 0 Å². The number of ether oxygens (including phenoxy) is 1. The minimum atomic E-state index is 0.0263. The molecule has 1 fully saturated rings. The predicted molar refractivity (Wildman–Crippen MR) is 119 cm³/mol. The number of benzene rings is 2. The van der Waals surface area contributed by atoms with Crippen LogP contribution in [0.25, 0.3) is 10.2 Å². The van der Waals surface area contributed by atoms with Crippen molar-refractivity contribution >= 4 is 44.2 Å². The van der Waals surface area contributed by atoms with Crippen LogP contribution < -0.4 is 9.64 Å². The van der Waals surface area contributed by atoms with Crippen molar-refractivity contribution < 1.29 is 9.53 Å². The molecular weight excluding hydrogens is 406 g/mol. The van der Waals surface area contributed by atoms with Crippen LogP contribution in [0.2, 0.25) is 5.02 Å². The van der Waals surface area contributed by atoms with Gasteiger partial charge in [-0.1, -0.05) is 48.4 Å². The topological polar surface area (TPSA) is 45.7 Å². The molecule has 3 aromatic rings. The van der Waals surface area contributed by atoms with Gasteiger partial charge in [0.05, 0.1) is 10.2 Å². The predicted octanol–water partition coefficient (Wildman–Crippen LogP) is 4.63. The molecule has 1 saturated heterocycles. The molecule has 2 heterocycles. The first-order chi connectivity index (χ1) is 14.1. The zero-order valence-corrected chi connectivity index (χ0v) is 18.0. The molecule has 1 aliphatic heterocycles. The summed E-state index contributed by atoms with van der Waals surface area (Å²) < 4.78 is 6.78. The molecule has 5 nitrogen and oxygen atoms in total. The Morgan fingerprint density at radius 2 is 1.90 bits per heavy atom. The Morgan fingerprint density at radius 1 is 1.14 bits per heavy atom. The van der Waals surface area contributed by atoms with Gasteiger partial charge in [0.15, 0.2) is 11.7 Å². The van der Waals surface area contributed by atoms with Crippen LogP contribution in [-0.2, 0) is 11.2 Å². The summed E-state index contributed by atoms with van der Waals surface area (Å²) in [7, 11) is 0. The molecule has 1 aliphatic rings. The molecule has 2 aromatic carbocycles. The molecular formula is C22H24ClN3O2S. The molecule has 0 atom stereocenters. The molecule has 1 amide bonds. The number of amides is 1. The Bertz CT molecular complexity index is 981. The second-order valence-corrected chi connectivity index (χ2v) is 8.60. The summed E-state index contributed by atoms with van der Waals surface area (Å²) in [5, 5.41) is 1.71. The van der Waals surface area contributed by atoms with Crippen molar-refractivity contribution in [2.24, 2.45) is 0 Å². The van der Waals surface area contributed by atoms with Gasteiger partial charge in [0.1, 0.15) is 5.75 Å². The number of aromatic nitrogens is 1. The fourth-order valence-electron chi connectivity index (χ4n) is 3.45. The molecule has 0 N–H and O–H groups in total. The van der Waals surface area contributed by atoms with E-state index in [0.29, 0.717) is 13.1 Å². The quantitative estimate of drug-likeness (QED) is 0.573. The highest BCUT2D eigenvalue weighted by atomic mass is 35.5. The van der Waals surface area contributed by atoms with E-state index in [0.717, 1.165) is 52.1 Å². The van der Waals surface area contributed by atoms with E-state index in [4.69, 9.17) is 21.3 Å². The lowest BCUT2D eigenvalue weighted by Crippen LogP contribution is -2.50. The number of carbonyl (C=O) groups excluding carboxylic acids is 1. The molecule has 1 aromatic heterocycles. The number of piperazine rings is 1. The molecule has 29 heavy (non-hydrogen) atoms. The Hall–Kier alpha value is -2.31. The minimum absolute atomic E-state index is 0.0263. The third kappa shape index (κ3) is 4.82. The molecule has 7 heteroatoms. The van der Waals surface area contributed by atoms with Crippen molar-refractivity contribution in [3.63, 3.8) is 0 Å². The van der Waals surface area contributed by atoms with Gasteiger partial charge in [0, 0.05) is 31.2 Å². The maximum absolute atomic E-state index is 12.5. The van der Waals surface area contributed by atoms with Gasteiger partial charge < -0.3 is 14.5 Å². The summed E-state index contributed by atoms with van der Waals surface area (Å²) in [6.45, 7) is 5.13. The summed E-state index contributed by atoms with van der Waals surface area (Å²) in [6, 6.07) is 13.8. The zero-order valence-electron chi connectivity index (χ0n) is 16.4. The highest BCUT2D eigenvalue weighted by Gasteiger charge is 2.23. The second-order valence-electron chi connectivity index (χ2n) is 7.16. The van der Waals surface area contributed by atoms with Gasteiger partial charge in [0.25, 0.3) is 5.91 Å². The van der Waals surface area contributed by atoms with E-state index in [1.54, 1.807) is 11.3 Å². The number of anilines is 1. The van der Waals surface area contributed by atoms with E-state index in [9.17, 15) is 4.79 Å². The Labute approximate surface area is 179 Å². The molecule has 0 bridgehead atoms. The Balaban J connectivity index is 1.28. The first kappa shape index (κ1) is 20.0. The fraction of sp³-hybridized carbons (Fsp3) is 0.364. The van der Waals surface area contributed by atoms with Crippen molar-refractivity contribution in [2.75, 3.05) is 37.7 Å². The van der Waals surface area contributed by atoms with E-state index in [2.05, 4.69) is 24.0 Å². The third-order valence-electron chi connectivity index (χ3n) is 5.07. The first-order valence-electron chi connectivity index (χ1n) is 9.93. The maximum Gasteiger partial charge on any atom is 0.260 e.